The van der Waals surface area contributed by atoms with Crippen LogP contribution >= 0.6 is 0 Å². The lowest BCUT2D eigenvalue weighted by Crippen LogP contribution is -2.41. The first-order valence-corrected chi connectivity index (χ1v) is 5.47. The fourth-order valence-electron chi connectivity index (χ4n) is 2.92. The Kier molecular flexibility index (Phi) is 2.31. The Morgan fingerprint density at radius 3 is 2.08 bits per heavy atom. The summed E-state index contributed by atoms with van der Waals surface area (Å²) in [5, 5.41) is 0. The summed E-state index contributed by atoms with van der Waals surface area (Å²) in [6.45, 7) is 3.71. The van der Waals surface area contributed by atoms with Crippen molar-refractivity contribution in [2.75, 3.05) is 13.1 Å². The molecule has 1 aliphatic carbocycles. The third kappa shape index (κ3) is 1.72. The van der Waals surface area contributed by atoms with Crippen LogP contribution in [0.1, 0.15) is 45.4 Å². The van der Waals surface area contributed by atoms with Crippen LogP contribution < -0.4 is 0 Å². The smallest absolute Gasteiger partial charge is 0.219 e. The van der Waals surface area contributed by atoms with E-state index < -0.39 is 0 Å². The van der Waals surface area contributed by atoms with E-state index in [0.717, 1.165) is 13.1 Å². The second-order valence-electron chi connectivity index (χ2n) is 4.71. The van der Waals surface area contributed by atoms with Crippen molar-refractivity contribution in [2.45, 2.75) is 45.4 Å². The number of amides is 1. The number of nitrogens with zero attached hydrogens (tertiary/aromatic N) is 1. The van der Waals surface area contributed by atoms with Crippen LogP contribution in [-0.4, -0.2) is 23.9 Å². The molecule has 0 aromatic carbocycles. The molecule has 1 saturated heterocycles. The van der Waals surface area contributed by atoms with Crippen LogP contribution in [0.5, 0.6) is 0 Å². The molecule has 0 bridgehead atoms. The van der Waals surface area contributed by atoms with Crippen molar-refractivity contribution < 1.29 is 4.79 Å². The van der Waals surface area contributed by atoms with Crippen LogP contribution in [0, 0.1) is 5.41 Å². The summed E-state index contributed by atoms with van der Waals surface area (Å²) in [7, 11) is 0. The van der Waals surface area contributed by atoms with Gasteiger partial charge in [0.2, 0.25) is 5.91 Å². The number of likely N-dealkylation sites (tertiary alicyclic amines) is 1. The van der Waals surface area contributed by atoms with E-state index in [1.54, 1.807) is 6.92 Å². The van der Waals surface area contributed by atoms with Gasteiger partial charge in [-0.25, -0.2) is 0 Å². The first kappa shape index (κ1) is 9.04. The Bertz CT molecular complexity index is 196. The quantitative estimate of drug-likeness (QED) is 0.561. The number of carbonyl (C=O) groups excluding carboxylic acids is 1. The zero-order valence-corrected chi connectivity index (χ0v) is 8.51. The molecule has 2 aliphatic rings. The molecule has 1 spiro atoms. The Labute approximate surface area is 80.3 Å². The van der Waals surface area contributed by atoms with E-state index in [2.05, 4.69) is 0 Å². The standard InChI is InChI=1S/C11H19NO/c1-10(13)12-8-6-11(7-9-12)4-2-3-5-11/h2-9H2,1H3. The molecule has 2 heteroatoms. The van der Waals surface area contributed by atoms with E-state index in [1.807, 2.05) is 4.90 Å². The Hall–Kier alpha value is -0.530. The van der Waals surface area contributed by atoms with Gasteiger partial charge in [0.15, 0.2) is 0 Å². The molecule has 74 valence electrons. The summed E-state index contributed by atoms with van der Waals surface area (Å²) in [6.07, 6.45) is 8.18. The van der Waals surface area contributed by atoms with Gasteiger partial charge < -0.3 is 4.90 Å². The molecule has 1 aliphatic heterocycles. The highest BCUT2D eigenvalue weighted by molar-refractivity contribution is 5.73. The molecule has 0 aromatic heterocycles. The monoisotopic (exact) mass is 181 g/mol. The molecule has 0 N–H and O–H groups in total. The molecule has 2 fully saturated rings. The normalized spacial score (nSPS) is 26.7. The maximum Gasteiger partial charge on any atom is 0.219 e. The molecular weight excluding hydrogens is 162 g/mol. The van der Waals surface area contributed by atoms with Crippen LogP contribution in [0.15, 0.2) is 0 Å². The second kappa shape index (κ2) is 3.32. The highest BCUT2D eigenvalue weighted by Gasteiger charge is 2.37. The number of carbonyl (C=O) groups is 1. The molecular formula is C11H19NO. The molecule has 0 atom stereocenters. The van der Waals surface area contributed by atoms with Gasteiger partial charge in [0.05, 0.1) is 0 Å². The maximum absolute atomic E-state index is 11.1. The van der Waals surface area contributed by atoms with Crippen molar-refractivity contribution in [1.29, 1.82) is 0 Å². The predicted octanol–water partition coefficient (Wildman–Crippen LogP) is 2.19. The second-order valence-corrected chi connectivity index (χ2v) is 4.71. The minimum absolute atomic E-state index is 0.257. The van der Waals surface area contributed by atoms with Gasteiger partial charge in [0.1, 0.15) is 0 Å². The van der Waals surface area contributed by atoms with Crippen LogP contribution in [0.2, 0.25) is 0 Å². The highest BCUT2D eigenvalue weighted by Crippen LogP contribution is 2.45. The SMILES string of the molecule is CC(=O)N1CCC2(CCCC2)CC1. The number of hydrogen-bond donors (Lipinski definition) is 0. The average Bonchev–Trinajstić information content (AvgIpc) is 2.54. The van der Waals surface area contributed by atoms with Crippen LogP contribution in [0.4, 0.5) is 0 Å². The minimum Gasteiger partial charge on any atom is -0.343 e. The van der Waals surface area contributed by atoms with Crippen LogP contribution in [-0.2, 0) is 4.79 Å². The first-order valence-electron chi connectivity index (χ1n) is 5.47. The van der Waals surface area contributed by atoms with Crippen molar-refractivity contribution in [1.82, 2.24) is 4.90 Å². The fraction of sp³-hybridized carbons (Fsp3) is 0.909. The molecule has 0 unspecified atom stereocenters. The van der Waals surface area contributed by atoms with Gasteiger partial charge in [-0.2, -0.15) is 0 Å². The lowest BCUT2D eigenvalue weighted by atomic mass is 9.77. The van der Waals surface area contributed by atoms with Crippen molar-refractivity contribution in [2.24, 2.45) is 5.41 Å². The molecule has 0 radical (unpaired) electrons. The summed E-state index contributed by atoms with van der Waals surface area (Å²) in [6, 6.07) is 0. The molecule has 2 rings (SSSR count). The summed E-state index contributed by atoms with van der Waals surface area (Å²) in [5.41, 5.74) is 0.645. The minimum atomic E-state index is 0.257. The lowest BCUT2D eigenvalue weighted by molar-refractivity contribution is -0.131. The molecule has 13 heavy (non-hydrogen) atoms. The Morgan fingerprint density at radius 2 is 1.62 bits per heavy atom. The molecule has 1 heterocycles. The van der Waals surface area contributed by atoms with Gasteiger partial charge in [0, 0.05) is 20.0 Å². The third-order valence-electron chi connectivity index (χ3n) is 3.93. The average molecular weight is 181 g/mol. The largest absolute Gasteiger partial charge is 0.343 e. The van der Waals surface area contributed by atoms with Gasteiger partial charge in [0.25, 0.3) is 0 Å². The van der Waals surface area contributed by atoms with E-state index in [1.165, 1.54) is 38.5 Å². The van der Waals surface area contributed by atoms with Crippen LogP contribution in [0.3, 0.4) is 0 Å². The van der Waals surface area contributed by atoms with E-state index in [4.69, 9.17) is 0 Å². The van der Waals surface area contributed by atoms with Crippen molar-refractivity contribution in [3.63, 3.8) is 0 Å². The fourth-order valence-corrected chi connectivity index (χ4v) is 2.92. The van der Waals surface area contributed by atoms with Gasteiger partial charge in [-0.3, -0.25) is 4.79 Å². The predicted molar refractivity (Wildman–Crippen MR) is 52.4 cm³/mol. The van der Waals surface area contributed by atoms with Gasteiger partial charge >= 0.3 is 0 Å². The maximum atomic E-state index is 11.1. The zero-order chi connectivity index (χ0) is 9.31. The summed E-state index contributed by atoms with van der Waals surface area (Å²) < 4.78 is 0. The van der Waals surface area contributed by atoms with Gasteiger partial charge in [-0.05, 0) is 31.1 Å². The third-order valence-corrected chi connectivity index (χ3v) is 3.93. The summed E-state index contributed by atoms with van der Waals surface area (Å²) in [5.74, 6) is 0.257. The zero-order valence-electron chi connectivity index (χ0n) is 8.51. The molecule has 1 saturated carbocycles. The van der Waals surface area contributed by atoms with E-state index in [-0.39, 0.29) is 5.91 Å². The van der Waals surface area contributed by atoms with E-state index >= 15 is 0 Å². The number of rotatable bonds is 0. The molecule has 0 aromatic rings. The summed E-state index contributed by atoms with van der Waals surface area (Å²) >= 11 is 0. The summed E-state index contributed by atoms with van der Waals surface area (Å²) in [4.78, 5) is 13.1. The number of hydrogen-bond acceptors (Lipinski definition) is 1. The topological polar surface area (TPSA) is 20.3 Å². The van der Waals surface area contributed by atoms with Crippen molar-refractivity contribution in [3.05, 3.63) is 0 Å². The van der Waals surface area contributed by atoms with Crippen LogP contribution in [0.25, 0.3) is 0 Å². The lowest BCUT2D eigenvalue weighted by Gasteiger charge is -2.39. The molecule has 2 nitrogen and oxygen atoms in total. The first-order chi connectivity index (χ1) is 6.22. The number of piperidine rings is 1. The Balaban J connectivity index is 1.91. The van der Waals surface area contributed by atoms with Gasteiger partial charge in [-0.1, -0.05) is 12.8 Å². The van der Waals surface area contributed by atoms with Gasteiger partial charge in [-0.15, -0.1) is 0 Å². The van der Waals surface area contributed by atoms with E-state index in [9.17, 15) is 4.79 Å². The highest BCUT2D eigenvalue weighted by atomic mass is 16.2. The van der Waals surface area contributed by atoms with Crippen molar-refractivity contribution in [3.8, 4) is 0 Å². The van der Waals surface area contributed by atoms with E-state index in [0.29, 0.717) is 5.41 Å². The Morgan fingerprint density at radius 1 is 1.08 bits per heavy atom. The van der Waals surface area contributed by atoms with Crippen molar-refractivity contribution >= 4 is 5.91 Å². The molecule has 1 amide bonds.